The van der Waals surface area contributed by atoms with Gasteiger partial charge in [-0.3, -0.25) is 4.79 Å². The van der Waals surface area contributed by atoms with Gasteiger partial charge in [0.15, 0.2) is 0 Å². The number of carboxylic acids is 1. The fraction of sp³-hybridized carbons (Fsp3) is 0.529. The topological polar surface area (TPSA) is 83.6 Å². The first-order valence-electron chi connectivity index (χ1n) is 7.93. The van der Waals surface area contributed by atoms with E-state index in [1.807, 2.05) is 18.2 Å². The SMILES string of the molecule is NCC(=O)N1CCC[C@]1(C(=O)O)C1CCCc2ccccc21. The molecule has 1 heterocycles. The van der Waals surface area contributed by atoms with Crippen LogP contribution in [-0.4, -0.2) is 40.5 Å². The zero-order valence-corrected chi connectivity index (χ0v) is 12.6. The average Bonchev–Trinajstić information content (AvgIpc) is 2.99. The van der Waals surface area contributed by atoms with Crippen LogP contribution in [0.4, 0.5) is 0 Å². The maximum atomic E-state index is 12.2. The Kier molecular flexibility index (Phi) is 3.91. The minimum Gasteiger partial charge on any atom is -0.479 e. The molecule has 0 radical (unpaired) electrons. The lowest BCUT2D eigenvalue weighted by Gasteiger charge is -2.43. The second-order valence-electron chi connectivity index (χ2n) is 6.23. The summed E-state index contributed by atoms with van der Waals surface area (Å²) in [7, 11) is 0. The highest BCUT2D eigenvalue weighted by atomic mass is 16.4. The summed E-state index contributed by atoms with van der Waals surface area (Å²) in [6.07, 6.45) is 3.97. The molecule has 2 aliphatic rings. The molecule has 1 aliphatic heterocycles. The number of benzene rings is 1. The van der Waals surface area contributed by atoms with E-state index in [2.05, 4.69) is 6.07 Å². The maximum Gasteiger partial charge on any atom is 0.330 e. The number of hydrogen-bond donors (Lipinski definition) is 2. The van der Waals surface area contributed by atoms with Crippen LogP contribution in [0.25, 0.3) is 0 Å². The molecule has 1 saturated heterocycles. The first kappa shape index (κ1) is 15.0. The van der Waals surface area contributed by atoms with Gasteiger partial charge >= 0.3 is 5.97 Å². The fourth-order valence-corrected chi connectivity index (χ4v) is 4.28. The summed E-state index contributed by atoms with van der Waals surface area (Å²) in [5, 5.41) is 10.0. The summed E-state index contributed by atoms with van der Waals surface area (Å²) in [6, 6.07) is 8.04. The highest BCUT2D eigenvalue weighted by Crippen LogP contribution is 2.47. The van der Waals surface area contributed by atoms with Crippen molar-refractivity contribution in [2.24, 2.45) is 5.73 Å². The number of carbonyl (C=O) groups excluding carboxylic acids is 1. The molecule has 3 N–H and O–H groups in total. The number of hydrogen-bond acceptors (Lipinski definition) is 3. The van der Waals surface area contributed by atoms with Gasteiger partial charge < -0.3 is 15.7 Å². The summed E-state index contributed by atoms with van der Waals surface area (Å²) in [4.78, 5) is 26.0. The number of fused-ring (bicyclic) bond motifs is 1. The smallest absolute Gasteiger partial charge is 0.330 e. The number of aliphatic carboxylic acids is 1. The van der Waals surface area contributed by atoms with E-state index in [0.29, 0.717) is 13.0 Å². The van der Waals surface area contributed by atoms with Gasteiger partial charge in [0.05, 0.1) is 6.54 Å². The van der Waals surface area contributed by atoms with Crippen molar-refractivity contribution in [3.63, 3.8) is 0 Å². The van der Waals surface area contributed by atoms with Crippen LogP contribution in [0.5, 0.6) is 0 Å². The summed E-state index contributed by atoms with van der Waals surface area (Å²) in [5.41, 5.74) is 6.69. The molecule has 118 valence electrons. The average molecular weight is 302 g/mol. The van der Waals surface area contributed by atoms with Crippen LogP contribution in [0.3, 0.4) is 0 Å². The Morgan fingerprint density at radius 3 is 2.82 bits per heavy atom. The summed E-state index contributed by atoms with van der Waals surface area (Å²) >= 11 is 0. The number of amides is 1. The summed E-state index contributed by atoms with van der Waals surface area (Å²) < 4.78 is 0. The van der Waals surface area contributed by atoms with Crippen molar-refractivity contribution in [1.29, 1.82) is 0 Å². The third-order valence-corrected chi connectivity index (χ3v) is 5.21. The first-order chi connectivity index (χ1) is 10.6. The first-order valence-corrected chi connectivity index (χ1v) is 7.93. The minimum atomic E-state index is -1.13. The standard InChI is InChI=1S/C17H22N2O3/c18-11-15(20)19-10-4-9-17(19,16(21)22)14-8-3-6-12-5-1-2-7-13(12)14/h1-2,5,7,14H,3-4,6,8-11,18H2,(H,21,22)/t14?,17-/m1/s1. The van der Waals surface area contributed by atoms with E-state index in [1.54, 1.807) is 0 Å². The predicted molar refractivity (Wildman–Crippen MR) is 82.5 cm³/mol. The molecule has 2 atom stereocenters. The minimum absolute atomic E-state index is 0.136. The Labute approximate surface area is 130 Å². The van der Waals surface area contributed by atoms with Crippen LogP contribution < -0.4 is 5.73 Å². The lowest BCUT2D eigenvalue weighted by atomic mass is 9.70. The quantitative estimate of drug-likeness (QED) is 0.886. The van der Waals surface area contributed by atoms with Crippen molar-refractivity contribution >= 4 is 11.9 Å². The summed E-state index contributed by atoms with van der Waals surface area (Å²) in [5.74, 6) is -1.30. The fourth-order valence-electron chi connectivity index (χ4n) is 4.28. The molecule has 0 saturated carbocycles. The van der Waals surface area contributed by atoms with Gasteiger partial charge in [-0.2, -0.15) is 0 Å². The molecule has 22 heavy (non-hydrogen) atoms. The Hall–Kier alpha value is -1.88. The Morgan fingerprint density at radius 2 is 2.09 bits per heavy atom. The van der Waals surface area contributed by atoms with E-state index in [9.17, 15) is 14.7 Å². The van der Waals surface area contributed by atoms with E-state index in [-0.39, 0.29) is 18.4 Å². The molecule has 0 bridgehead atoms. The van der Waals surface area contributed by atoms with Crippen LogP contribution in [0.15, 0.2) is 24.3 Å². The molecule has 1 aromatic rings. The van der Waals surface area contributed by atoms with Gasteiger partial charge in [-0.25, -0.2) is 4.79 Å². The van der Waals surface area contributed by atoms with E-state index in [4.69, 9.17) is 5.73 Å². The normalized spacial score (nSPS) is 27.5. The number of rotatable bonds is 3. The van der Waals surface area contributed by atoms with Crippen LogP contribution in [0.2, 0.25) is 0 Å². The molecule has 5 nitrogen and oxygen atoms in total. The molecular weight excluding hydrogens is 280 g/mol. The summed E-state index contributed by atoms with van der Waals surface area (Å²) in [6.45, 7) is 0.352. The van der Waals surface area contributed by atoms with E-state index in [1.165, 1.54) is 10.5 Å². The molecule has 1 amide bonds. The predicted octanol–water partition coefficient (Wildman–Crippen LogP) is 1.51. The van der Waals surface area contributed by atoms with Crippen molar-refractivity contribution in [1.82, 2.24) is 4.90 Å². The van der Waals surface area contributed by atoms with E-state index < -0.39 is 11.5 Å². The van der Waals surface area contributed by atoms with Gasteiger partial charge in [-0.1, -0.05) is 24.3 Å². The zero-order chi connectivity index (χ0) is 15.7. The third-order valence-electron chi connectivity index (χ3n) is 5.21. The number of likely N-dealkylation sites (tertiary alicyclic amines) is 1. The van der Waals surface area contributed by atoms with Crippen molar-refractivity contribution < 1.29 is 14.7 Å². The monoisotopic (exact) mass is 302 g/mol. The largest absolute Gasteiger partial charge is 0.479 e. The lowest BCUT2D eigenvalue weighted by molar-refractivity contribution is -0.158. The maximum absolute atomic E-state index is 12.2. The van der Waals surface area contributed by atoms with Gasteiger partial charge in [0.25, 0.3) is 0 Å². The number of nitrogens with zero attached hydrogens (tertiary/aromatic N) is 1. The molecule has 0 spiro atoms. The highest BCUT2D eigenvalue weighted by molar-refractivity contribution is 5.89. The Balaban J connectivity index is 2.09. The van der Waals surface area contributed by atoms with Gasteiger partial charge in [0, 0.05) is 12.5 Å². The molecule has 1 aromatic carbocycles. The Morgan fingerprint density at radius 1 is 1.32 bits per heavy atom. The van der Waals surface area contributed by atoms with E-state index in [0.717, 1.165) is 31.2 Å². The third kappa shape index (κ3) is 2.11. The van der Waals surface area contributed by atoms with Gasteiger partial charge in [0.2, 0.25) is 5.91 Å². The molecule has 5 heteroatoms. The number of aryl methyl sites for hydroxylation is 1. The number of carboxylic acid groups (broad SMARTS) is 1. The van der Waals surface area contributed by atoms with Crippen LogP contribution in [-0.2, 0) is 16.0 Å². The van der Waals surface area contributed by atoms with Crippen molar-refractivity contribution in [3.05, 3.63) is 35.4 Å². The molecule has 3 rings (SSSR count). The lowest BCUT2D eigenvalue weighted by Crippen LogP contribution is -2.58. The molecule has 0 aromatic heterocycles. The second kappa shape index (κ2) is 5.72. The number of nitrogens with two attached hydrogens (primary N) is 1. The molecule has 1 unspecified atom stereocenters. The van der Waals surface area contributed by atoms with Gasteiger partial charge in [0.1, 0.15) is 5.54 Å². The van der Waals surface area contributed by atoms with Crippen LogP contribution >= 0.6 is 0 Å². The number of carbonyl (C=O) groups is 2. The van der Waals surface area contributed by atoms with Crippen molar-refractivity contribution in [3.8, 4) is 0 Å². The highest BCUT2D eigenvalue weighted by Gasteiger charge is 2.55. The second-order valence-corrected chi connectivity index (χ2v) is 6.23. The van der Waals surface area contributed by atoms with Crippen LogP contribution in [0.1, 0.15) is 42.7 Å². The van der Waals surface area contributed by atoms with Crippen molar-refractivity contribution in [2.75, 3.05) is 13.1 Å². The van der Waals surface area contributed by atoms with Crippen molar-refractivity contribution in [2.45, 2.75) is 43.6 Å². The molecule has 1 aliphatic carbocycles. The Bertz CT molecular complexity index is 601. The molecular formula is C17H22N2O3. The molecule has 1 fully saturated rings. The zero-order valence-electron chi connectivity index (χ0n) is 12.6. The van der Waals surface area contributed by atoms with Crippen LogP contribution in [0, 0.1) is 0 Å². The van der Waals surface area contributed by atoms with Gasteiger partial charge in [-0.15, -0.1) is 0 Å². The van der Waals surface area contributed by atoms with E-state index >= 15 is 0 Å². The van der Waals surface area contributed by atoms with Gasteiger partial charge in [-0.05, 0) is 43.2 Å².